The molecule has 0 atom stereocenters. The molecule has 5 nitrogen and oxygen atoms in total. The van der Waals surface area contributed by atoms with Gasteiger partial charge < -0.3 is 15.4 Å². The zero-order valence-electron chi connectivity index (χ0n) is 15.6. The van der Waals surface area contributed by atoms with Crippen LogP contribution in [0.15, 0.2) is 24.3 Å². The first kappa shape index (κ1) is 19.4. The molecule has 0 aromatic heterocycles. The van der Waals surface area contributed by atoms with Crippen molar-refractivity contribution in [1.29, 1.82) is 0 Å². The van der Waals surface area contributed by atoms with Gasteiger partial charge in [0.2, 0.25) is 11.8 Å². The largest absolute Gasteiger partial charge is 0.371 e. The summed E-state index contributed by atoms with van der Waals surface area (Å²) in [6.45, 7) is 7.11. The monoisotopic (exact) mass is 346 g/mol. The fourth-order valence-corrected chi connectivity index (χ4v) is 2.89. The molecule has 25 heavy (non-hydrogen) atoms. The Morgan fingerprint density at radius 3 is 2.48 bits per heavy atom. The predicted molar refractivity (Wildman–Crippen MR) is 97.8 cm³/mol. The first-order valence-electron chi connectivity index (χ1n) is 9.10. The molecule has 0 aliphatic heterocycles. The second-order valence-corrected chi connectivity index (χ2v) is 7.70. The lowest BCUT2D eigenvalue weighted by Gasteiger charge is -2.19. The molecule has 1 aromatic carbocycles. The summed E-state index contributed by atoms with van der Waals surface area (Å²) in [5.74, 6) is -0.0658. The molecule has 0 saturated heterocycles. The van der Waals surface area contributed by atoms with Crippen LogP contribution in [0.3, 0.4) is 0 Å². The van der Waals surface area contributed by atoms with Gasteiger partial charge in [0.15, 0.2) is 0 Å². The summed E-state index contributed by atoms with van der Waals surface area (Å²) in [6.07, 6.45) is 4.10. The molecule has 0 bridgehead atoms. The summed E-state index contributed by atoms with van der Waals surface area (Å²) < 4.78 is 5.77. The van der Waals surface area contributed by atoms with Crippen molar-refractivity contribution >= 4 is 11.8 Å². The summed E-state index contributed by atoms with van der Waals surface area (Å²) in [5.41, 5.74) is 1.92. The molecular weight excluding hydrogens is 316 g/mol. The normalized spacial score (nSPS) is 15.2. The molecule has 5 heteroatoms. The van der Waals surface area contributed by atoms with Crippen LogP contribution in [0.2, 0.25) is 0 Å². The van der Waals surface area contributed by atoms with E-state index in [9.17, 15) is 9.59 Å². The maximum absolute atomic E-state index is 11.9. The second kappa shape index (κ2) is 8.99. The van der Waals surface area contributed by atoms with E-state index in [1.165, 1.54) is 0 Å². The van der Waals surface area contributed by atoms with Crippen LogP contribution in [0.1, 0.15) is 57.6 Å². The Balaban J connectivity index is 1.72. The van der Waals surface area contributed by atoms with Crippen molar-refractivity contribution in [3.63, 3.8) is 0 Å². The van der Waals surface area contributed by atoms with Crippen molar-refractivity contribution in [3.05, 3.63) is 35.4 Å². The highest BCUT2D eigenvalue weighted by Gasteiger charge is 2.22. The van der Waals surface area contributed by atoms with Gasteiger partial charge in [-0.1, -0.05) is 37.1 Å². The number of benzene rings is 1. The maximum Gasteiger partial charge on any atom is 0.239 e. The van der Waals surface area contributed by atoms with Gasteiger partial charge in [0.05, 0.1) is 18.8 Å². The van der Waals surface area contributed by atoms with E-state index in [1.54, 1.807) is 0 Å². The molecule has 2 amide bonds. The highest BCUT2D eigenvalue weighted by molar-refractivity contribution is 5.85. The third kappa shape index (κ3) is 7.26. The summed E-state index contributed by atoms with van der Waals surface area (Å²) in [6, 6.07) is 7.98. The van der Waals surface area contributed by atoms with Crippen LogP contribution in [-0.2, 0) is 27.5 Å². The highest BCUT2D eigenvalue weighted by atomic mass is 16.5. The lowest BCUT2D eigenvalue weighted by molar-refractivity contribution is -0.128. The van der Waals surface area contributed by atoms with E-state index in [2.05, 4.69) is 10.6 Å². The number of nitrogens with one attached hydrogen (secondary N) is 2. The van der Waals surface area contributed by atoms with Crippen molar-refractivity contribution in [2.45, 2.75) is 65.2 Å². The Hall–Kier alpha value is -1.88. The quantitative estimate of drug-likeness (QED) is 0.798. The van der Waals surface area contributed by atoms with Gasteiger partial charge in [0.25, 0.3) is 0 Å². The first-order valence-corrected chi connectivity index (χ1v) is 9.10. The summed E-state index contributed by atoms with van der Waals surface area (Å²) >= 11 is 0. The van der Waals surface area contributed by atoms with Gasteiger partial charge in [-0.3, -0.25) is 9.59 Å². The van der Waals surface area contributed by atoms with E-state index < -0.39 is 0 Å². The number of carbonyl (C=O) groups excluding carboxylic acids is 2. The van der Waals surface area contributed by atoms with E-state index in [1.807, 2.05) is 45.0 Å². The second-order valence-electron chi connectivity index (χ2n) is 7.70. The topological polar surface area (TPSA) is 67.4 Å². The molecule has 138 valence electrons. The standard InChI is InChI=1S/C20H30N2O3/c1-20(2,3)25-14-16-8-6-7-15(11-16)12-21-18(23)13-22-19(24)17-9-4-5-10-17/h6-8,11,17H,4-5,9-10,12-14H2,1-3H3,(H,21,23)(H,22,24). The summed E-state index contributed by atoms with van der Waals surface area (Å²) in [4.78, 5) is 23.8. The zero-order valence-corrected chi connectivity index (χ0v) is 15.6. The van der Waals surface area contributed by atoms with E-state index in [-0.39, 0.29) is 29.9 Å². The minimum absolute atomic E-state index is 0.00831. The number of hydrogen-bond acceptors (Lipinski definition) is 3. The van der Waals surface area contributed by atoms with Crippen LogP contribution in [0.4, 0.5) is 0 Å². The SMILES string of the molecule is CC(C)(C)OCc1cccc(CNC(=O)CNC(=O)C2CCCC2)c1. The van der Waals surface area contributed by atoms with E-state index in [4.69, 9.17) is 4.74 Å². The van der Waals surface area contributed by atoms with Gasteiger partial charge in [0, 0.05) is 12.5 Å². The minimum Gasteiger partial charge on any atom is -0.371 e. The molecule has 1 aliphatic rings. The molecule has 1 fully saturated rings. The van der Waals surface area contributed by atoms with Crippen LogP contribution in [-0.4, -0.2) is 24.0 Å². The third-order valence-electron chi connectivity index (χ3n) is 4.30. The zero-order chi connectivity index (χ0) is 18.3. The van der Waals surface area contributed by atoms with E-state index in [0.717, 1.165) is 36.8 Å². The molecule has 2 N–H and O–H groups in total. The molecule has 2 rings (SSSR count). The highest BCUT2D eigenvalue weighted by Crippen LogP contribution is 2.24. The Morgan fingerprint density at radius 1 is 1.12 bits per heavy atom. The maximum atomic E-state index is 11.9. The first-order chi connectivity index (χ1) is 11.8. The lowest BCUT2D eigenvalue weighted by Crippen LogP contribution is -2.38. The smallest absolute Gasteiger partial charge is 0.239 e. The number of carbonyl (C=O) groups is 2. The van der Waals surface area contributed by atoms with Gasteiger partial charge in [-0.15, -0.1) is 0 Å². The summed E-state index contributed by atoms with van der Waals surface area (Å²) in [5, 5.41) is 5.59. The van der Waals surface area contributed by atoms with Crippen molar-refractivity contribution in [2.75, 3.05) is 6.54 Å². The summed E-state index contributed by atoms with van der Waals surface area (Å²) in [7, 11) is 0. The average Bonchev–Trinajstić information content (AvgIpc) is 3.10. The van der Waals surface area contributed by atoms with Crippen LogP contribution >= 0.6 is 0 Å². The third-order valence-corrected chi connectivity index (χ3v) is 4.30. The lowest BCUT2D eigenvalue weighted by atomic mass is 10.1. The van der Waals surface area contributed by atoms with Crippen molar-refractivity contribution in [2.24, 2.45) is 5.92 Å². The van der Waals surface area contributed by atoms with Crippen molar-refractivity contribution < 1.29 is 14.3 Å². The Kier molecular flexibility index (Phi) is 7.00. The van der Waals surface area contributed by atoms with Crippen LogP contribution in [0.25, 0.3) is 0 Å². The Bertz CT molecular complexity index is 587. The molecule has 0 heterocycles. The Morgan fingerprint density at radius 2 is 1.80 bits per heavy atom. The molecule has 1 saturated carbocycles. The van der Waals surface area contributed by atoms with Crippen LogP contribution in [0.5, 0.6) is 0 Å². The molecule has 0 radical (unpaired) electrons. The van der Waals surface area contributed by atoms with Gasteiger partial charge in [-0.25, -0.2) is 0 Å². The van der Waals surface area contributed by atoms with Crippen molar-refractivity contribution in [1.82, 2.24) is 10.6 Å². The van der Waals surface area contributed by atoms with Gasteiger partial charge in [0.1, 0.15) is 0 Å². The van der Waals surface area contributed by atoms with Gasteiger partial charge in [-0.05, 0) is 44.7 Å². The molecule has 1 aliphatic carbocycles. The van der Waals surface area contributed by atoms with Gasteiger partial charge in [-0.2, -0.15) is 0 Å². The fraction of sp³-hybridized carbons (Fsp3) is 0.600. The number of hydrogen-bond donors (Lipinski definition) is 2. The Labute approximate surface area is 150 Å². The number of amides is 2. The number of rotatable bonds is 7. The van der Waals surface area contributed by atoms with E-state index >= 15 is 0 Å². The molecule has 1 aromatic rings. The molecular formula is C20H30N2O3. The van der Waals surface area contributed by atoms with Crippen molar-refractivity contribution in [3.8, 4) is 0 Å². The van der Waals surface area contributed by atoms with Gasteiger partial charge >= 0.3 is 0 Å². The number of ether oxygens (including phenoxy) is 1. The molecule has 0 spiro atoms. The minimum atomic E-state index is -0.179. The molecule has 0 unspecified atom stereocenters. The fourth-order valence-electron chi connectivity index (χ4n) is 2.89. The predicted octanol–water partition coefficient (Wildman–Crippen LogP) is 2.92. The van der Waals surface area contributed by atoms with Crippen LogP contribution in [0, 0.1) is 5.92 Å². The average molecular weight is 346 g/mol. The van der Waals surface area contributed by atoms with E-state index in [0.29, 0.717) is 13.2 Å². The van der Waals surface area contributed by atoms with Crippen LogP contribution < -0.4 is 10.6 Å².